The van der Waals surface area contributed by atoms with Gasteiger partial charge < -0.3 is 109 Å². The topological polar surface area (TPSA) is 65.9 Å². The van der Waals surface area contributed by atoms with E-state index in [1.807, 2.05) is 0 Å². The third kappa shape index (κ3) is 14.4. The second kappa shape index (κ2) is 24.2. The minimum Gasteiger partial charge on any atom is -1.00 e. The predicted molar refractivity (Wildman–Crippen MR) is 162 cm³/mol. The Balaban J connectivity index is 0.00000242. The molecule has 6 aliphatic heterocycles. The van der Waals surface area contributed by atoms with Crippen molar-refractivity contribution < 1.29 is 87.5 Å². The number of hydrogen-bond donors (Lipinski definition) is 8. The second-order valence-corrected chi connectivity index (χ2v) is 12.2. The van der Waals surface area contributed by atoms with Crippen molar-refractivity contribution in [2.75, 3.05) is 105 Å². The molecule has 2 saturated heterocycles. The van der Waals surface area contributed by atoms with E-state index in [4.69, 9.17) is 0 Å². The van der Waals surface area contributed by atoms with Gasteiger partial charge in [-0.2, -0.15) is 0 Å². The first-order valence-electron chi connectivity index (χ1n) is 16.1. The summed E-state index contributed by atoms with van der Waals surface area (Å²) in [7, 11) is 0. The molecule has 12 heteroatoms. The van der Waals surface area contributed by atoms with Crippen LogP contribution in [-0.2, 0) is 26.2 Å². The smallest absolute Gasteiger partial charge is 0.103 e. The van der Waals surface area contributed by atoms with Gasteiger partial charge in [0, 0.05) is 74.6 Å². The number of halogens is 4. The predicted octanol–water partition coefficient (Wildman–Crippen LogP) is -16.7. The fourth-order valence-corrected chi connectivity index (χ4v) is 6.71. The van der Waals surface area contributed by atoms with Crippen LogP contribution in [0.4, 0.5) is 0 Å². The van der Waals surface area contributed by atoms with E-state index in [1.54, 1.807) is 41.9 Å². The molecule has 0 radical (unpaired) electrons. The zero-order valence-electron chi connectivity index (χ0n) is 26.3. The first kappa shape index (κ1) is 42.1. The highest BCUT2D eigenvalue weighted by Gasteiger charge is 2.20. The summed E-state index contributed by atoms with van der Waals surface area (Å²) in [6.45, 7) is 22.6. The SMILES string of the molecule is [Br-].[Br-].[Br-].[Br-].c1ccc2c(c1)C[NH+]1CCNCC[NH+](CCNCC1)Cc1ccccc1C[NH+]1CCNCC[NH+](CCNCC1)C2. The maximum atomic E-state index is 3.81. The van der Waals surface area contributed by atoms with Gasteiger partial charge >= 0.3 is 0 Å². The molecule has 0 spiro atoms. The molecule has 0 amide bonds. The molecule has 6 aliphatic rings. The second-order valence-electron chi connectivity index (χ2n) is 12.2. The van der Waals surface area contributed by atoms with Gasteiger partial charge in [0.25, 0.3) is 0 Å². The number of benzene rings is 2. The lowest BCUT2D eigenvalue weighted by molar-refractivity contribution is -0.919. The summed E-state index contributed by atoms with van der Waals surface area (Å²) in [4.78, 5) is 6.75. The third-order valence-corrected chi connectivity index (χ3v) is 9.24. The summed E-state index contributed by atoms with van der Waals surface area (Å²) >= 11 is 0. The van der Waals surface area contributed by atoms with Crippen molar-refractivity contribution in [3.05, 3.63) is 70.8 Å². The van der Waals surface area contributed by atoms with Crippen LogP contribution < -0.4 is 109 Å². The maximum absolute atomic E-state index is 3.81. The summed E-state index contributed by atoms with van der Waals surface area (Å²) in [6, 6.07) is 18.5. The van der Waals surface area contributed by atoms with Crippen LogP contribution in [0.5, 0.6) is 0 Å². The minimum absolute atomic E-state index is 0. The molecule has 0 aliphatic carbocycles. The molecule has 0 unspecified atom stereocenters. The molecule has 8 N–H and O–H groups in total. The van der Waals surface area contributed by atoms with Gasteiger partial charge in [0.15, 0.2) is 0 Å². The zero-order chi connectivity index (χ0) is 27.2. The molecule has 44 heavy (non-hydrogen) atoms. The van der Waals surface area contributed by atoms with Gasteiger partial charge in [0.05, 0.1) is 52.4 Å². The van der Waals surface area contributed by atoms with Crippen molar-refractivity contribution in [3.8, 4) is 0 Å². The number of quaternary nitrogens is 4. The lowest BCUT2D eigenvalue weighted by atomic mass is 10.1. The van der Waals surface area contributed by atoms with E-state index in [1.165, 1.54) is 52.4 Å². The first-order chi connectivity index (χ1) is 19.8. The highest BCUT2D eigenvalue weighted by molar-refractivity contribution is 5.26. The molecule has 0 atom stereocenters. The summed E-state index contributed by atoms with van der Waals surface area (Å²) < 4.78 is 0. The van der Waals surface area contributed by atoms with Crippen molar-refractivity contribution in [2.24, 2.45) is 0 Å². The largest absolute Gasteiger partial charge is 1.00 e. The average molecular weight is 872 g/mol. The van der Waals surface area contributed by atoms with Gasteiger partial charge in [0.1, 0.15) is 26.2 Å². The highest BCUT2D eigenvalue weighted by atomic mass is 79.9. The van der Waals surface area contributed by atoms with Crippen LogP contribution in [0.25, 0.3) is 0 Å². The molecule has 2 aromatic rings. The van der Waals surface area contributed by atoms with E-state index in [2.05, 4.69) is 69.8 Å². The molecule has 8 nitrogen and oxygen atoms in total. The van der Waals surface area contributed by atoms with E-state index >= 15 is 0 Å². The average Bonchev–Trinajstić information content (AvgIpc) is 2.95. The fraction of sp³-hybridized carbons (Fsp3) is 0.625. The van der Waals surface area contributed by atoms with Crippen LogP contribution >= 0.6 is 0 Å². The van der Waals surface area contributed by atoms with E-state index in [0.717, 1.165) is 78.5 Å². The number of hydrogen-bond acceptors (Lipinski definition) is 4. The van der Waals surface area contributed by atoms with Gasteiger partial charge in [-0.3, -0.25) is 0 Å². The van der Waals surface area contributed by atoms with Gasteiger partial charge in [-0.15, -0.1) is 0 Å². The molecule has 4 bridgehead atoms. The highest BCUT2D eigenvalue weighted by Crippen LogP contribution is 2.07. The van der Waals surface area contributed by atoms with Gasteiger partial charge in [-0.1, -0.05) is 48.5 Å². The Bertz CT molecular complexity index is 838. The van der Waals surface area contributed by atoms with Crippen molar-refractivity contribution in [1.82, 2.24) is 21.3 Å². The van der Waals surface area contributed by atoms with E-state index < -0.39 is 0 Å². The minimum atomic E-state index is 0. The quantitative estimate of drug-likeness (QED) is 0.136. The molecule has 8 rings (SSSR count). The van der Waals surface area contributed by atoms with Gasteiger partial charge in [-0.25, -0.2) is 0 Å². The van der Waals surface area contributed by atoms with Gasteiger partial charge in [0.2, 0.25) is 0 Å². The Hall–Kier alpha value is 0.0400. The summed E-state index contributed by atoms with van der Waals surface area (Å²) in [5.41, 5.74) is 6.17. The Morgan fingerprint density at radius 1 is 0.318 bits per heavy atom. The third-order valence-electron chi connectivity index (χ3n) is 9.24. The van der Waals surface area contributed by atoms with Crippen LogP contribution in [0.3, 0.4) is 0 Å². The maximum Gasteiger partial charge on any atom is 0.103 e. The Morgan fingerprint density at radius 2 is 0.500 bits per heavy atom. The fourth-order valence-electron chi connectivity index (χ4n) is 6.71. The van der Waals surface area contributed by atoms with Crippen LogP contribution in [0, 0.1) is 0 Å². The van der Waals surface area contributed by atoms with E-state index in [9.17, 15) is 0 Å². The molecule has 2 aromatic carbocycles. The monoisotopic (exact) mass is 868 g/mol. The molecule has 6 heterocycles. The molecule has 0 aromatic heterocycles. The molecule has 252 valence electrons. The van der Waals surface area contributed by atoms with E-state index in [0.29, 0.717) is 0 Å². The molecular weight excluding hydrogens is 816 g/mol. The summed E-state index contributed by atoms with van der Waals surface area (Å²) in [5, 5.41) is 15.2. The van der Waals surface area contributed by atoms with Crippen molar-refractivity contribution in [2.45, 2.75) is 26.2 Å². The Kier molecular flexibility index (Phi) is 23.2. The number of rotatable bonds is 0. The molecule has 2 fully saturated rings. The van der Waals surface area contributed by atoms with Crippen LogP contribution in [0.15, 0.2) is 48.5 Å². The van der Waals surface area contributed by atoms with Crippen LogP contribution in [0.2, 0.25) is 0 Å². The zero-order valence-corrected chi connectivity index (χ0v) is 32.6. The Labute approximate surface area is 308 Å². The standard InChI is InChI=1S/C32H52N8.4BrH/c1-2-6-30-26-38-19-11-35-15-23-40(24-16-36-12-20-38)28-32-8-4-3-7-31(32)27-39-21-13-33-9-17-37(25-29(30)5-1)18-10-34-14-22-39;;;;/h1-8,33-36H,9-28H2;4*1H. The number of nitrogens with one attached hydrogen (secondary N) is 8. The lowest BCUT2D eigenvalue weighted by Gasteiger charge is -2.27. The van der Waals surface area contributed by atoms with Crippen molar-refractivity contribution in [3.63, 3.8) is 0 Å². The lowest BCUT2D eigenvalue weighted by Crippen LogP contribution is -3.14. The normalized spacial score (nSPS) is 26.0. The van der Waals surface area contributed by atoms with Crippen molar-refractivity contribution in [1.29, 1.82) is 0 Å². The molecular formula is C32H56Br4N8. The summed E-state index contributed by atoms with van der Waals surface area (Å²) in [5.74, 6) is 0. The summed E-state index contributed by atoms with van der Waals surface area (Å²) in [6.07, 6.45) is 0. The Morgan fingerprint density at radius 3 is 0.682 bits per heavy atom. The molecule has 0 saturated carbocycles. The first-order valence-corrected chi connectivity index (χ1v) is 16.1. The van der Waals surface area contributed by atoms with Crippen LogP contribution in [0.1, 0.15) is 22.3 Å². The van der Waals surface area contributed by atoms with E-state index in [-0.39, 0.29) is 67.9 Å². The van der Waals surface area contributed by atoms with Crippen LogP contribution in [-0.4, -0.2) is 105 Å². The van der Waals surface area contributed by atoms with Gasteiger partial charge in [-0.05, 0) is 0 Å². The van der Waals surface area contributed by atoms with Crippen molar-refractivity contribution >= 4 is 0 Å².